The molecule has 1 aromatic rings. The van der Waals surface area contributed by atoms with Crippen LogP contribution in [-0.4, -0.2) is 17.6 Å². The Morgan fingerprint density at radius 1 is 1.47 bits per heavy atom. The molecular weight excluding hydrogens is 232 g/mol. The average molecular weight is 246 g/mol. The van der Waals surface area contributed by atoms with E-state index < -0.39 is 0 Å². The number of hydrogen-bond donors (Lipinski definition) is 1. The van der Waals surface area contributed by atoms with Gasteiger partial charge in [-0.2, -0.15) is 4.99 Å². The van der Waals surface area contributed by atoms with Gasteiger partial charge in [0.1, 0.15) is 0 Å². The van der Waals surface area contributed by atoms with Crippen molar-refractivity contribution in [3.63, 3.8) is 0 Å². The minimum Gasteiger partial charge on any atom is -0.356 e. The van der Waals surface area contributed by atoms with E-state index in [1.165, 1.54) is 6.92 Å². The van der Waals surface area contributed by atoms with Gasteiger partial charge in [-0.05, 0) is 36.3 Å². The number of isothiocyanates is 1. The number of hydrogen-bond acceptors (Lipinski definition) is 3. The molecule has 1 aromatic carbocycles. The molecule has 0 unspecified atom stereocenters. The maximum absolute atomic E-state index is 10.6. The molecule has 17 heavy (non-hydrogen) atoms. The molecule has 88 valence electrons. The standard InChI is InChI=1S/C13H14N2OS/c1-11(16)14-9-3-2-4-12-5-7-13(8-6-12)15-10-17/h2,4-8H,3,9H2,1H3,(H,14,16). The van der Waals surface area contributed by atoms with Gasteiger partial charge in [-0.1, -0.05) is 24.3 Å². The second-order valence-corrected chi connectivity index (χ2v) is 3.65. The van der Waals surface area contributed by atoms with Crippen molar-refractivity contribution in [2.24, 2.45) is 4.99 Å². The summed E-state index contributed by atoms with van der Waals surface area (Å²) in [6, 6.07) is 7.68. The van der Waals surface area contributed by atoms with E-state index in [0.29, 0.717) is 6.54 Å². The Morgan fingerprint density at radius 3 is 2.76 bits per heavy atom. The van der Waals surface area contributed by atoms with Crippen LogP contribution in [0, 0.1) is 0 Å². The van der Waals surface area contributed by atoms with Gasteiger partial charge in [-0.3, -0.25) is 4.79 Å². The number of benzene rings is 1. The van der Waals surface area contributed by atoms with Gasteiger partial charge >= 0.3 is 0 Å². The molecule has 0 spiro atoms. The maximum Gasteiger partial charge on any atom is 0.216 e. The number of carbonyl (C=O) groups is 1. The molecule has 1 amide bonds. The Labute approximate surface area is 106 Å². The highest BCUT2D eigenvalue weighted by Gasteiger charge is 1.90. The van der Waals surface area contributed by atoms with Gasteiger partial charge in [0, 0.05) is 13.5 Å². The first-order valence-corrected chi connectivity index (χ1v) is 5.72. The Kier molecular flexibility index (Phi) is 5.86. The lowest BCUT2D eigenvalue weighted by atomic mass is 10.2. The van der Waals surface area contributed by atoms with Crippen molar-refractivity contribution in [1.29, 1.82) is 0 Å². The van der Waals surface area contributed by atoms with Crippen molar-refractivity contribution in [1.82, 2.24) is 5.32 Å². The highest BCUT2D eigenvalue weighted by atomic mass is 32.1. The van der Waals surface area contributed by atoms with Crippen LogP contribution in [0.1, 0.15) is 18.9 Å². The molecule has 3 nitrogen and oxygen atoms in total. The Bertz CT molecular complexity index is 445. The van der Waals surface area contributed by atoms with E-state index in [1.54, 1.807) is 0 Å². The number of aliphatic imine (C=N–C) groups is 1. The number of rotatable bonds is 5. The first-order valence-electron chi connectivity index (χ1n) is 5.31. The van der Waals surface area contributed by atoms with Gasteiger partial charge < -0.3 is 5.32 Å². The summed E-state index contributed by atoms with van der Waals surface area (Å²) in [6.07, 6.45) is 4.85. The molecular formula is C13H14N2OS. The fourth-order valence-electron chi connectivity index (χ4n) is 1.26. The number of carbonyl (C=O) groups excluding carboxylic acids is 1. The molecule has 1 rings (SSSR count). The SMILES string of the molecule is CC(=O)NCCC=Cc1ccc(N=C=S)cc1. The topological polar surface area (TPSA) is 41.5 Å². The molecule has 0 atom stereocenters. The van der Waals surface area contributed by atoms with Crippen molar-refractivity contribution >= 4 is 35.0 Å². The summed E-state index contributed by atoms with van der Waals surface area (Å²) in [4.78, 5) is 14.5. The van der Waals surface area contributed by atoms with E-state index in [2.05, 4.69) is 27.7 Å². The molecule has 0 aliphatic carbocycles. The van der Waals surface area contributed by atoms with Crippen molar-refractivity contribution in [2.45, 2.75) is 13.3 Å². The Balaban J connectivity index is 2.43. The first-order chi connectivity index (χ1) is 8.22. The van der Waals surface area contributed by atoms with Gasteiger partial charge in [0.25, 0.3) is 0 Å². The fraction of sp³-hybridized carbons (Fsp3) is 0.231. The molecule has 0 saturated heterocycles. The van der Waals surface area contributed by atoms with Crippen molar-refractivity contribution in [3.05, 3.63) is 35.9 Å². The maximum atomic E-state index is 10.6. The van der Waals surface area contributed by atoms with Crippen molar-refractivity contribution in [2.75, 3.05) is 6.54 Å². The molecule has 0 bridgehead atoms. The Morgan fingerprint density at radius 2 is 2.18 bits per heavy atom. The van der Waals surface area contributed by atoms with Crippen molar-refractivity contribution in [3.8, 4) is 0 Å². The number of amides is 1. The highest BCUT2D eigenvalue weighted by Crippen LogP contribution is 2.13. The molecule has 1 N–H and O–H groups in total. The summed E-state index contributed by atoms with van der Waals surface area (Å²) >= 11 is 4.52. The molecule has 0 heterocycles. The third kappa shape index (κ3) is 5.76. The van der Waals surface area contributed by atoms with Crippen LogP contribution < -0.4 is 5.32 Å². The number of thiocarbonyl (C=S) groups is 1. The van der Waals surface area contributed by atoms with E-state index >= 15 is 0 Å². The summed E-state index contributed by atoms with van der Waals surface area (Å²) in [5, 5.41) is 5.06. The minimum absolute atomic E-state index is 0.000721. The van der Waals surface area contributed by atoms with Crippen LogP contribution in [-0.2, 0) is 4.79 Å². The molecule has 0 aliphatic heterocycles. The van der Waals surface area contributed by atoms with Gasteiger partial charge in [0.2, 0.25) is 5.91 Å². The van der Waals surface area contributed by atoms with E-state index in [-0.39, 0.29) is 5.91 Å². The first kappa shape index (κ1) is 13.3. The largest absolute Gasteiger partial charge is 0.356 e. The van der Waals surface area contributed by atoms with Crippen LogP contribution in [0.25, 0.3) is 6.08 Å². The van der Waals surface area contributed by atoms with Crippen LogP contribution in [0.3, 0.4) is 0 Å². The fourth-order valence-corrected chi connectivity index (χ4v) is 1.37. The van der Waals surface area contributed by atoms with Gasteiger partial charge in [0.15, 0.2) is 0 Å². The van der Waals surface area contributed by atoms with Crippen molar-refractivity contribution < 1.29 is 4.79 Å². The predicted octanol–water partition coefficient (Wildman–Crippen LogP) is 2.96. The molecule has 0 radical (unpaired) electrons. The highest BCUT2D eigenvalue weighted by molar-refractivity contribution is 7.78. The zero-order valence-electron chi connectivity index (χ0n) is 9.64. The molecule has 0 fully saturated rings. The molecule has 0 aliphatic rings. The van der Waals surface area contributed by atoms with E-state index in [0.717, 1.165) is 17.7 Å². The van der Waals surface area contributed by atoms with E-state index in [4.69, 9.17) is 0 Å². The van der Waals surface area contributed by atoms with Gasteiger partial charge in [0.05, 0.1) is 10.8 Å². The number of nitrogens with one attached hydrogen (secondary N) is 1. The van der Waals surface area contributed by atoms with E-state index in [1.807, 2.05) is 36.4 Å². The van der Waals surface area contributed by atoms with Crippen LogP contribution >= 0.6 is 12.2 Å². The lowest BCUT2D eigenvalue weighted by Crippen LogP contribution is -2.20. The normalized spacial score (nSPS) is 9.94. The summed E-state index contributed by atoms with van der Waals surface area (Å²) < 4.78 is 0. The summed E-state index contributed by atoms with van der Waals surface area (Å²) in [7, 11) is 0. The quantitative estimate of drug-likeness (QED) is 0.493. The third-order valence-electron chi connectivity index (χ3n) is 2.06. The monoisotopic (exact) mass is 246 g/mol. The van der Waals surface area contributed by atoms with Crippen LogP contribution in [0.4, 0.5) is 5.69 Å². The van der Waals surface area contributed by atoms with E-state index in [9.17, 15) is 4.79 Å². The summed E-state index contributed by atoms with van der Waals surface area (Å²) in [5.41, 5.74) is 1.89. The zero-order valence-corrected chi connectivity index (χ0v) is 10.5. The molecule has 4 heteroatoms. The van der Waals surface area contributed by atoms with Crippen LogP contribution in [0.5, 0.6) is 0 Å². The minimum atomic E-state index is 0.000721. The summed E-state index contributed by atoms with van der Waals surface area (Å²) in [6.45, 7) is 2.18. The van der Waals surface area contributed by atoms with Gasteiger partial charge in [-0.25, -0.2) is 0 Å². The van der Waals surface area contributed by atoms with Gasteiger partial charge in [-0.15, -0.1) is 0 Å². The second-order valence-electron chi connectivity index (χ2n) is 3.47. The molecule has 0 aromatic heterocycles. The Hall–Kier alpha value is -1.77. The lowest BCUT2D eigenvalue weighted by molar-refractivity contribution is -0.118. The average Bonchev–Trinajstić information content (AvgIpc) is 2.31. The lowest BCUT2D eigenvalue weighted by Gasteiger charge is -1.97. The smallest absolute Gasteiger partial charge is 0.216 e. The molecule has 0 saturated carbocycles. The predicted molar refractivity (Wildman–Crippen MR) is 73.5 cm³/mol. The summed E-state index contributed by atoms with van der Waals surface area (Å²) in [5.74, 6) is 0.000721. The van der Waals surface area contributed by atoms with Crippen LogP contribution in [0.15, 0.2) is 35.3 Å². The third-order valence-corrected chi connectivity index (χ3v) is 2.15. The van der Waals surface area contributed by atoms with Crippen LogP contribution in [0.2, 0.25) is 0 Å². The zero-order chi connectivity index (χ0) is 12.5. The number of nitrogens with zero attached hydrogens (tertiary/aromatic N) is 1. The second kappa shape index (κ2) is 7.49.